The third-order valence-electron chi connectivity index (χ3n) is 3.01. The summed E-state index contributed by atoms with van der Waals surface area (Å²) in [5.41, 5.74) is 0.200. The maximum absolute atomic E-state index is 10.6. The number of rotatable bonds is 5. The van der Waals surface area contributed by atoms with Crippen LogP contribution in [0.25, 0.3) is 0 Å². The number of nitrogens with zero attached hydrogens (tertiary/aromatic N) is 1. The minimum absolute atomic E-state index is 0.0503. The Morgan fingerprint density at radius 1 is 1.59 bits per heavy atom. The predicted molar refractivity (Wildman–Crippen MR) is 63.8 cm³/mol. The standard InChI is InChI=1S/C12H20N2O3/c1-8(12(2,3)4)6-13-7-9-5-10(11(15)16)14-17-9/h5,8,13H,6-7H2,1-4H3,(H,15,16). The fraction of sp³-hybridized carbons (Fsp3) is 0.667. The molecule has 0 aliphatic heterocycles. The van der Waals surface area contributed by atoms with Crippen molar-refractivity contribution < 1.29 is 14.4 Å². The van der Waals surface area contributed by atoms with Crippen LogP contribution in [0.15, 0.2) is 10.6 Å². The normalized spacial score (nSPS) is 13.6. The maximum atomic E-state index is 10.6. The third-order valence-corrected chi connectivity index (χ3v) is 3.01. The molecule has 0 radical (unpaired) electrons. The number of aromatic carboxylic acids is 1. The molecule has 17 heavy (non-hydrogen) atoms. The van der Waals surface area contributed by atoms with E-state index < -0.39 is 5.97 Å². The molecule has 0 aliphatic rings. The summed E-state index contributed by atoms with van der Waals surface area (Å²) in [6.07, 6.45) is 0. The van der Waals surface area contributed by atoms with Crippen molar-refractivity contribution in [2.75, 3.05) is 6.54 Å². The smallest absolute Gasteiger partial charge is 0.358 e. The molecule has 5 heteroatoms. The molecule has 1 rings (SSSR count). The lowest BCUT2D eigenvalue weighted by Gasteiger charge is -2.27. The Morgan fingerprint density at radius 2 is 2.24 bits per heavy atom. The molecule has 0 bridgehead atoms. The monoisotopic (exact) mass is 240 g/mol. The predicted octanol–water partition coefficient (Wildman–Crippen LogP) is 2.14. The van der Waals surface area contributed by atoms with Crippen molar-refractivity contribution in [3.63, 3.8) is 0 Å². The van der Waals surface area contributed by atoms with Gasteiger partial charge >= 0.3 is 5.97 Å². The van der Waals surface area contributed by atoms with Gasteiger partial charge in [0.15, 0.2) is 11.5 Å². The highest BCUT2D eigenvalue weighted by Gasteiger charge is 2.19. The van der Waals surface area contributed by atoms with Crippen LogP contribution in [0.3, 0.4) is 0 Å². The number of aromatic nitrogens is 1. The van der Waals surface area contributed by atoms with Gasteiger partial charge in [-0.2, -0.15) is 0 Å². The highest BCUT2D eigenvalue weighted by molar-refractivity contribution is 5.85. The average Bonchev–Trinajstić information content (AvgIpc) is 2.64. The molecule has 0 amide bonds. The van der Waals surface area contributed by atoms with E-state index in [-0.39, 0.29) is 11.1 Å². The second-order valence-corrected chi connectivity index (χ2v) is 5.38. The lowest BCUT2D eigenvalue weighted by Crippen LogP contribution is -2.29. The second-order valence-electron chi connectivity index (χ2n) is 5.38. The first-order valence-corrected chi connectivity index (χ1v) is 5.70. The Morgan fingerprint density at radius 3 is 2.71 bits per heavy atom. The van der Waals surface area contributed by atoms with Gasteiger partial charge in [0.2, 0.25) is 0 Å². The van der Waals surface area contributed by atoms with Crippen LogP contribution in [-0.2, 0) is 6.54 Å². The van der Waals surface area contributed by atoms with Gasteiger partial charge in [0.1, 0.15) is 0 Å². The minimum atomic E-state index is -1.07. The first-order chi connectivity index (χ1) is 7.80. The quantitative estimate of drug-likeness (QED) is 0.824. The van der Waals surface area contributed by atoms with E-state index >= 15 is 0 Å². The van der Waals surface area contributed by atoms with E-state index in [9.17, 15) is 4.79 Å². The van der Waals surface area contributed by atoms with Crippen LogP contribution in [0.2, 0.25) is 0 Å². The largest absolute Gasteiger partial charge is 0.476 e. The summed E-state index contributed by atoms with van der Waals surface area (Å²) in [4.78, 5) is 10.6. The van der Waals surface area contributed by atoms with Crippen molar-refractivity contribution >= 4 is 5.97 Å². The van der Waals surface area contributed by atoms with Gasteiger partial charge < -0.3 is 14.9 Å². The van der Waals surface area contributed by atoms with Gasteiger partial charge in [-0.15, -0.1) is 0 Å². The molecular weight excluding hydrogens is 220 g/mol. The molecule has 1 unspecified atom stereocenters. The highest BCUT2D eigenvalue weighted by atomic mass is 16.5. The Balaban J connectivity index is 2.38. The van der Waals surface area contributed by atoms with Crippen LogP contribution in [0, 0.1) is 11.3 Å². The first kappa shape index (κ1) is 13.7. The van der Waals surface area contributed by atoms with Crippen LogP contribution in [0.1, 0.15) is 43.9 Å². The topological polar surface area (TPSA) is 75.4 Å². The average molecular weight is 240 g/mol. The molecule has 0 aromatic carbocycles. The van der Waals surface area contributed by atoms with E-state index in [4.69, 9.17) is 9.63 Å². The fourth-order valence-electron chi connectivity index (χ4n) is 1.22. The zero-order chi connectivity index (χ0) is 13.1. The van der Waals surface area contributed by atoms with Gasteiger partial charge in [0.25, 0.3) is 0 Å². The van der Waals surface area contributed by atoms with Crippen molar-refractivity contribution in [3.05, 3.63) is 17.5 Å². The van der Waals surface area contributed by atoms with Crippen molar-refractivity contribution in [2.24, 2.45) is 11.3 Å². The van der Waals surface area contributed by atoms with E-state index in [1.165, 1.54) is 6.07 Å². The van der Waals surface area contributed by atoms with E-state index in [2.05, 4.69) is 38.2 Å². The molecule has 5 nitrogen and oxygen atoms in total. The van der Waals surface area contributed by atoms with Crippen LogP contribution in [0.5, 0.6) is 0 Å². The first-order valence-electron chi connectivity index (χ1n) is 5.70. The lowest BCUT2D eigenvalue weighted by molar-refractivity contribution is 0.0685. The number of hydrogen-bond acceptors (Lipinski definition) is 4. The van der Waals surface area contributed by atoms with Gasteiger partial charge in [0, 0.05) is 6.07 Å². The van der Waals surface area contributed by atoms with Crippen molar-refractivity contribution in [1.82, 2.24) is 10.5 Å². The Kier molecular flexibility index (Phi) is 4.28. The van der Waals surface area contributed by atoms with E-state index in [0.717, 1.165) is 6.54 Å². The molecular formula is C12H20N2O3. The molecule has 1 aromatic rings. The van der Waals surface area contributed by atoms with E-state index in [1.807, 2.05) is 0 Å². The Bertz CT molecular complexity index is 379. The minimum Gasteiger partial charge on any atom is -0.476 e. The molecule has 0 fully saturated rings. The highest BCUT2D eigenvalue weighted by Crippen LogP contribution is 2.24. The summed E-state index contributed by atoms with van der Waals surface area (Å²) in [6.45, 7) is 10.1. The van der Waals surface area contributed by atoms with Gasteiger partial charge in [-0.1, -0.05) is 32.9 Å². The molecule has 96 valence electrons. The summed E-state index contributed by atoms with van der Waals surface area (Å²) in [5, 5.41) is 15.4. The fourth-order valence-corrected chi connectivity index (χ4v) is 1.22. The Labute approximate surface area is 101 Å². The molecule has 0 aliphatic carbocycles. The van der Waals surface area contributed by atoms with E-state index in [1.54, 1.807) is 0 Å². The molecule has 0 saturated carbocycles. The Hall–Kier alpha value is -1.36. The van der Waals surface area contributed by atoms with Crippen molar-refractivity contribution in [3.8, 4) is 0 Å². The lowest BCUT2D eigenvalue weighted by atomic mass is 9.82. The second kappa shape index (κ2) is 5.31. The number of carboxylic acids is 1. The van der Waals surface area contributed by atoms with Gasteiger partial charge in [0.05, 0.1) is 6.54 Å². The van der Waals surface area contributed by atoms with Gasteiger partial charge in [-0.3, -0.25) is 0 Å². The number of carbonyl (C=O) groups is 1. The number of hydrogen-bond donors (Lipinski definition) is 2. The van der Waals surface area contributed by atoms with Crippen LogP contribution >= 0.6 is 0 Å². The maximum Gasteiger partial charge on any atom is 0.358 e. The number of carboxylic acid groups (broad SMARTS) is 1. The molecule has 1 atom stereocenters. The summed E-state index contributed by atoms with van der Waals surface area (Å²) in [7, 11) is 0. The van der Waals surface area contributed by atoms with Gasteiger partial charge in [-0.25, -0.2) is 4.79 Å². The molecule has 1 heterocycles. The molecule has 2 N–H and O–H groups in total. The van der Waals surface area contributed by atoms with Crippen LogP contribution < -0.4 is 5.32 Å². The molecule has 1 aromatic heterocycles. The van der Waals surface area contributed by atoms with Crippen LogP contribution in [-0.4, -0.2) is 22.8 Å². The summed E-state index contributed by atoms with van der Waals surface area (Å²) < 4.78 is 4.90. The van der Waals surface area contributed by atoms with Crippen LogP contribution in [0.4, 0.5) is 0 Å². The third kappa shape index (κ3) is 4.19. The zero-order valence-corrected chi connectivity index (χ0v) is 10.8. The van der Waals surface area contributed by atoms with Crippen molar-refractivity contribution in [2.45, 2.75) is 34.2 Å². The SMILES string of the molecule is CC(CNCc1cc(C(=O)O)no1)C(C)(C)C. The summed E-state index contributed by atoms with van der Waals surface area (Å²) in [6, 6.07) is 1.44. The molecule has 0 saturated heterocycles. The zero-order valence-electron chi connectivity index (χ0n) is 10.8. The summed E-state index contributed by atoms with van der Waals surface area (Å²) >= 11 is 0. The van der Waals surface area contributed by atoms with E-state index in [0.29, 0.717) is 18.2 Å². The molecule has 0 spiro atoms. The summed E-state index contributed by atoms with van der Waals surface area (Å²) in [5.74, 6) is -0.00376. The number of nitrogens with one attached hydrogen (secondary N) is 1. The van der Waals surface area contributed by atoms with Crippen molar-refractivity contribution in [1.29, 1.82) is 0 Å². The van der Waals surface area contributed by atoms with Gasteiger partial charge in [-0.05, 0) is 17.9 Å².